The molecule has 190 valence electrons. The van der Waals surface area contributed by atoms with Crippen LogP contribution >= 0.6 is 23.2 Å². The molecule has 6 heteroatoms. The Morgan fingerprint density at radius 2 is 0.868 bits per heavy atom. The van der Waals surface area contributed by atoms with E-state index in [0.29, 0.717) is 10.0 Å². The Morgan fingerprint density at radius 1 is 0.526 bits per heavy atom. The normalized spacial score (nSPS) is 12.3. The van der Waals surface area contributed by atoms with Crippen LogP contribution in [0.5, 0.6) is 0 Å². The van der Waals surface area contributed by atoms with E-state index in [9.17, 15) is 10.4 Å². The molecule has 0 aliphatic carbocycles. The molecule has 38 heavy (non-hydrogen) atoms. The molecular formula is C32H26Cl2N2O2. The first-order chi connectivity index (χ1) is 18.5. The number of rotatable bonds is 7. The average molecular weight is 541 g/mol. The lowest BCUT2D eigenvalue weighted by molar-refractivity contribution is -0.180. The van der Waals surface area contributed by atoms with E-state index in [1.807, 2.05) is 84.9 Å². The Kier molecular flexibility index (Phi) is 9.98. The molecule has 4 aromatic carbocycles. The molecule has 0 aliphatic heterocycles. The summed E-state index contributed by atoms with van der Waals surface area (Å²) in [6.45, 7) is 0.313. The molecular weight excluding hydrogens is 515 g/mol. The summed E-state index contributed by atoms with van der Waals surface area (Å²) in [5, 5.41) is 26.0. The van der Waals surface area contributed by atoms with Crippen LogP contribution in [0.2, 0.25) is 10.0 Å². The van der Waals surface area contributed by atoms with Gasteiger partial charge in [-0.3, -0.25) is 0 Å². The Bertz CT molecular complexity index is 1310. The molecule has 4 aromatic rings. The van der Waals surface area contributed by atoms with Crippen molar-refractivity contribution < 1.29 is 10.4 Å². The SMILES string of the molecule is ON(Cc1ccc(Cl)cc1)[C@H](C#Cc1ccccc1)[C@@H](C#Cc1ccccc1)N(O)Cc1ccc(Cl)cc1. The highest BCUT2D eigenvalue weighted by atomic mass is 35.5. The smallest absolute Gasteiger partial charge is 0.125 e. The van der Waals surface area contributed by atoms with Crippen LogP contribution in [-0.4, -0.2) is 32.6 Å². The molecule has 0 bridgehead atoms. The van der Waals surface area contributed by atoms with Crippen molar-refractivity contribution in [2.24, 2.45) is 0 Å². The lowest BCUT2D eigenvalue weighted by atomic mass is 10.0. The third-order valence-electron chi connectivity index (χ3n) is 5.73. The van der Waals surface area contributed by atoms with Crippen LogP contribution < -0.4 is 0 Å². The number of hydroxylamine groups is 4. The van der Waals surface area contributed by atoms with Gasteiger partial charge in [-0.15, -0.1) is 0 Å². The molecule has 0 fully saturated rings. The maximum atomic E-state index is 11.3. The van der Waals surface area contributed by atoms with Gasteiger partial charge in [0.15, 0.2) is 0 Å². The second-order valence-corrected chi connectivity index (χ2v) is 9.48. The molecule has 0 unspecified atom stereocenters. The maximum absolute atomic E-state index is 11.3. The Hall–Kier alpha value is -3.58. The minimum absolute atomic E-state index is 0.156. The monoisotopic (exact) mass is 540 g/mol. The van der Waals surface area contributed by atoms with Crippen LogP contribution in [0.4, 0.5) is 0 Å². The summed E-state index contributed by atoms with van der Waals surface area (Å²) in [4.78, 5) is 0. The van der Waals surface area contributed by atoms with Gasteiger partial charge < -0.3 is 10.4 Å². The topological polar surface area (TPSA) is 46.9 Å². The van der Waals surface area contributed by atoms with Crippen LogP contribution in [0, 0.1) is 23.7 Å². The minimum atomic E-state index is -0.862. The van der Waals surface area contributed by atoms with Gasteiger partial charge >= 0.3 is 0 Å². The highest BCUT2D eigenvalue weighted by Gasteiger charge is 2.29. The molecule has 4 rings (SSSR count). The van der Waals surface area contributed by atoms with E-state index in [0.717, 1.165) is 32.4 Å². The van der Waals surface area contributed by atoms with E-state index in [4.69, 9.17) is 23.2 Å². The number of hydrogen-bond acceptors (Lipinski definition) is 4. The average Bonchev–Trinajstić information content (AvgIpc) is 2.94. The van der Waals surface area contributed by atoms with Crippen molar-refractivity contribution in [3.05, 3.63) is 141 Å². The minimum Gasteiger partial charge on any atom is -0.312 e. The number of benzene rings is 4. The summed E-state index contributed by atoms with van der Waals surface area (Å²) in [6, 6.07) is 31.7. The largest absolute Gasteiger partial charge is 0.312 e. The first kappa shape index (κ1) is 27.5. The van der Waals surface area contributed by atoms with Gasteiger partial charge in [0.25, 0.3) is 0 Å². The Labute approximate surface area is 233 Å². The van der Waals surface area contributed by atoms with Gasteiger partial charge in [0.05, 0.1) is 13.1 Å². The molecule has 0 saturated carbocycles. The number of halogens is 2. The zero-order valence-corrected chi connectivity index (χ0v) is 22.0. The highest BCUT2D eigenvalue weighted by molar-refractivity contribution is 6.30. The molecule has 2 atom stereocenters. The zero-order valence-electron chi connectivity index (χ0n) is 20.5. The molecule has 2 N–H and O–H groups in total. The van der Waals surface area contributed by atoms with E-state index in [2.05, 4.69) is 23.7 Å². The quantitative estimate of drug-likeness (QED) is 0.197. The molecule has 0 amide bonds. The van der Waals surface area contributed by atoms with Gasteiger partial charge in [-0.25, -0.2) is 0 Å². The van der Waals surface area contributed by atoms with E-state index in [-0.39, 0.29) is 13.1 Å². The van der Waals surface area contributed by atoms with Crippen molar-refractivity contribution in [3.8, 4) is 23.7 Å². The van der Waals surface area contributed by atoms with Gasteiger partial charge in [0.2, 0.25) is 0 Å². The lowest BCUT2D eigenvalue weighted by Gasteiger charge is -2.31. The zero-order chi connectivity index (χ0) is 26.7. The standard InChI is InChI=1S/C32H26Cl2N2O2/c33-29-17-11-27(12-18-29)23-35(37)31(21-15-25-7-3-1-4-8-25)32(22-16-26-9-5-2-6-10-26)36(38)24-28-13-19-30(34)20-14-28/h1-14,17-20,31-32,37-38H,23-24H2/t31-,32-/m1/s1. The second kappa shape index (κ2) is 13.8. The predicted molar refractivity (Wildman–Crippen MR) is 152 cm³/mol. The van der Waals surface area contributed by atoms with Crippen LogP contribution in [0.3, 0.4) is 0 Å². The van der Waals surface area contributed by atoms with Gasteiger partial charge in [0.1, 0.15) is 12.1 Å². The third-order valence-corrected chi connectivity index (χ3v) is 6.24. The van der Waals surface area contributed by atoms with Crippen LogP contribution in [0.1, 0.15) is 22.3 Å². The van der Waals surface area contributed by atoms with Crippen molar-refractivity contribution in [2.75, 3.05) is 0 Å². The molecule has 0 aliphatic rings. The Balaban J connectivity index is 1.71. The molecule has 0 aromatic heterocycles. The maximum Gasteiger partial charge on any atom is 0.125 e. The molecule has 4 nitrogen and oxygen atoms in total. The van der Waals surface area contributed by atoms with Crippen molar-refractivity contribution in [3.63, 3.8) is 0 Å². The lowest BCUT2D eigenvalue weighted by Crippen LogP contribution is -2.48. The van der Waals surface area contributed by atoms with Gasteiger partial charge in [0, 0.05) is 21.2 Å². The fraction of sp³-hybridized carbons (Fsp3) is 0.125. The first-order valence-corrected chi connectivity index (χ1v) is 12.8. The van der Waals surface area contributed by atoms with Gasteiger partial charge in [-0.1, -0.05) is 108 Å². The van der Waals surface area contributed by atoms with E-state index >= 15 is 0 Å². The Morgan fingerprint density at radius 3 is 1.21 bits per heavy atom. The molecule has 0 spiro atoms. The van der Waals surface area contributed by atoms with E-state index in [1.54, 1.807) is 24.3 Å². The number of hydrogen-bond donors (Lipinski definition) is 2. The van der Waals surface area contributed by atoms with Gasteiger partial charge in [-0.2, -0.15) is 10.1 Å². The van der Waals surface area contributed by atoms with E-state index in [1.165, 1.54) is 0 Å². The molecule has 0 saturated heterocycles. The summed E-state index contributed by atoms with van der Waals surface area (Å²) in [6.07, 6.45) is 0. The predicted octanol–water partition coefficient (Wildman–Crippen LogP) is 6.92. The summed E-state index contributed by atoms with van der Waals surface area (Å²) in [5.41, 5.74) is 3.24. The fourth-order valence-corrected chi connectivity index (χ4v) is 3.99. The highest BCUT2D eigenvalue weighted by Crippen LogP contribution is 2.18. The van der Waals surface area contributed by atoms with Crippen molar-refractivity contribution in [1.82, 2.24) is 10.1 Å². The third kappa shape index (κ3) is 8.21. The summed E-state index contributed by atoms with van der Waals surface area (Å²) in [5.74, 6) is 12.6. The van der Waals surface area contributed by atoms with Crippen molar-refractivity contribution in [1.29, 1.82) is 0 Å². The summed E-state index contributed by atoms with van der Waals surface area (Å²) >= 11 is 12.1. The van der Waals surface area contributed by atoms with E-state index < -0.39 is 12.1 Å². The van der Waals surface area contributed by atoms with Crippen molar-refractivity contribution in [2.45, 2.75) is 25.2 Å². The fourth-order valence-electron chi connectivity index (χ4n) is 3.74. The molecule has 0 radical (unpaired) electrons. The summed E-state index contributed by atoms with van der Waals surface area (Å²) in [7, 11) is 0. The van der Waals surface area contributed by atoms with Crippen LogP contribution in [0.25, 0.3) is 0 Å². The van der Waals surface area contributed by atoms with Crippen molar-refractivity contribution >= 4 is 23.2 Å². The molecule has 0 heterocycles. The van der Waals surface area contributed by atoms with Crippen LogP contribution in [0.15, 0.2) is 109 Å². The van der Waals surface area contributed by atoms with Crippen LogP contribution in [-0.2, 0) is 13.1 Å². The first-order valence-electron chi connectivity index (χ1n) is 12.0. The second-order valence-electron chi connectivity index (χ2n) is 8.61. The summed E-state index contributed by atoms with van der Waals surface area (Å²) < 4.78 is 0. The van der Waals surface area contributed by atoms with Gasteiger partial charge in [-0.05, 0) is 59.7 Å². The number of nitrogens with zero attached hydrogens (tertiary/aromatic N) is 2.